The lowest BCUT2D eigenvalue weighted by molar-refractivity contribution is 0.0967. The second-order valence-electron chi connectivity index (χ2n) is 6.58. The van der Waals surface area contributed by atoms with Crippen molar-refractivity contribution in [3.05, 3.63) is 0 Å². The fourth-order valence-electron chi connectivity index (χ4n) is 3.62. The van der Waals surface area contributed by atoms with E-state index in [0.717, 1.165) is 31.7 Å². The van der Waals surface area contributed by atoms with Crippen molar-refractivity contribution in [2.45, 2.75) is 64.3 Å². The van der Waals surface area contributed by atoms with E-state index in [1.807, 2.05) is 0 Å². The first-order valence-electron chi connectivity index (χ1n) is 8.93. The summed E-state index contributed by atoms with van der Waals surface area (Å²) in [5, 5.41) is 3.81. The van der Waals surface area contributed by atoms with Crippen molar-refractivity contribution in [1.82, 2.24) is 10.2 Å². The molecule has 0 spiro atoms. The Hall–Kier alpha value is -0.120. The van der Waals surface area contributed by atoms with Crippen LogP contribution in [0.5, 0.6) is 0 Å². The van der Waals surface area contributed by atoms with E-state index < -0.39 is 0 Å². The average molecular weight is 282 g/mol. The maximum atomic E-state index is 5.74. The molecule has 0 bridgehead atoms. The van der Waals surface area contributed by atoms with E-state index in [1.165, 1.54) is 71.0 Å². The predicted molar refractivity (Wildman–Crippen MR) is 85.1 cm³/mol. The van der Waals surface area contributed by atoms with Crippen LogP contribution in [0.2, 0.25) is 0 Å². The molecule has 0 aromatic carbocycles. The SMILES string of the molecule is CCCCOCCN1CCCNC(C2CCCCC2)C1. The second-order valence-corrected chi connectivity index (χ2v) is 6.58. The molecule has 1 atom stereocenters. The van der Waals surface area contributed by atoms with Crippen molar-refractivity contribution in [3.8, 4) is 0 Å². The summed E-state index contributed by atoms with van der Waals surface area (Å²) < 4.78 is 5.74. The van der Waals surface area contributed by atoms with Gasteiger partial charge in [-0.2, -0.15) is 0 Å². The van der Waals surface area contributed by atoms with Crippen LogP contribution >= 0.6 is 0 Å². The Morgan fingerprint density at radius 1 is 1.10 bits per heavy atom. The number of hydrogen-bond donors (Lipinski definition) is 1. The van der Waals surface area contributed by atoms with Crippen molar-refractivity contribution in [1.29, 1.82) is 0 Å². The molecule has 1 aliphatic heterocycles. The van der Waals surface area contributed by atoms with Crippen LogP contribution in [0.3, 0.4) is 0 Å². The average Bonchev–Trinajstić information content (AvgIpc) is 2.74. The molecule has 1 saturated carbocycles. The highest BCUT2D eigenvalue weighted by Gasteiger charge is 2.26. The van der Waals surface area contributed by atoms with Crippen molar-refractivity contribution < 1.29 is 4.74 Å². The summed E-state index contributed by atoms with van der Waals surface area (Å²) in [6.45, 7) is 8.88. The van der Waals surface area contributed by atoms with E-state index in [9.17, 15) is 0 Å². The molecule has 1 saturated heterocycles. The molecule has 0 amide bonds. The fraction of sp³-hybridized carbons (Fsp3) is 1.00. The zero-order valence-electron chi connectivity index (χ0n) is 13.4. The minimum absolute atomic E-state index is 0.730. The Labute approximate surface area is 125 Å². The van der Waals surface area contributed by atoms with E-state index in [0.29, 0.717) is 0 Å². The van der Waals surface area contributed by atoms with Gasteiger partial charge in [-0.05, 0) is 44.7 Å². The fourth-order valence-corrected chi connectivity index (χ4v) is 3.62. The Bertz CT molecular complexity index is 241. The summed E-state index contributed by atoms with van der Waals surface area (Å²) in [6.07, 6.45) is 11.0. The molecule has 1 aliphatic carbocycles. The van der Waals surface area contributed by atoms with Crippen molar-refractivity contribution in [2.24, 2.45) is 5.92 Å². The Kier molecular flexibility index (Phi) is 7.92. The number of ether oxygens (including phenoxy) is 1. The summed E-state index contributed by atoms with van der Waals surface area (Å²) in [4.78, 5) is 2.63. The van der Waals surface area contributed by atoms with Crippen LogP contribution in [0.25, 0.3) is 0 Å². The van der Waals surface area contributed by atoms with Gasteiger partial charge in [0, 0.05) is 25.7 Å². The smallest absolute Gasteiger partial charge is 0.0593 e. The molecule has 3 heteroatoms. The highest BCUT2D eigenvalue weighted by molar-refractivity contribution is 4.84. The highest BCUT2D eigenvalue weighted by atomic mass is 16.5. The minimum Gasteiger partial charge on any atom is -0.380 e. The lowest BCUT2D eigenvalue weighted by atomic mass is 9.83. The molecular formula is C17H34N2O. The quantitative estimate of drug-likeness (QED) is 0.726. The lowest BCUT2D eigenvalue weighted by Gasteiger charge is -2.32. The van der Waals surface area contributed by atoms with Gasteiger partial charge in [0.25, 0.3) is 0 Å². The van der Waals surface area contributed by atoms with Gasteiger partial charge in [0.15, 0.2) is 0 Å². The van der Waals surface area contributed by atoms with Crippen LogP contribution in [0.4, 0.5) is 0 Å². The molecule has 1 N–H and O–H groups in total. The Balaban J connectivity index is 1.69. The zero-order valence-corrected chi connectivity index (χ0v) is 13.4. The Morgan fingerprint density at radius 3 is 2.75 bits per heavy atom. The number of hydrogen-bond acceptors (Lipinski definition) is 3. The molecule has 0 radical (unpaired) electrons. The maximum absolute atomic E-state index is 5.74. The zero-order chi connectivity index (χ0) is 14.0. The predicted octanol–water partition coefficient (Wildman–Crippen LogP) is 3.05. The number of nitrogens with zero attached hydrogens (tertiary/aromatic N) is 1. The topological polar surface area (TPSA) is 24.5 Å². The van der Waals surface area contributed by atoms with Crippen LogP contribution < -0.4 is 5.32 Å². The van der Waals surface area contributed by atoms with Crippen LogP contribution in [-0.2, 0) is 4.74 Å². The van der Waals surface area contributed by atoms with Gasteiger partial charge in [-0.15, -0.1) is 0 Å². The third kappa shape index (κ3) is 5.71. The van der Waals surface area contributed by atoms with E-state index >= 15 is 0 Å². The van der Waals surface area contributed by atoms with Crippen LogP contribution in [0.15, 0.2) is 0 Å². The van der Waals surface area contributed by atoms with E-state index in [2.05, 4.69) is 17.1 Å². The standard InChI is InChI=1S/C17H34N2O/c1-2-3-13-20-14-12-19-11-7-10-18-17(15-19)16-8-5-4-6-9-16/h16-18H,2-15H2,1H3. The molecule has 3 nitrogen and oxygen atoms in total. The Morgan fingerprint density at radius 2 is 1.95 bits per heavy atom. The van der Waals surface area contributed by atoms with Gasteiger partial charge < -0.3 is 10.1 Å². The molecule has 20 heavy (non-hydrogen) atoms. The number of nitrogens with one attached hydrogen (secondary N) is 1. The minimum atomic E-state index is 0.730. The summed E-state index contributed by atoms with van der Waals surface area (Å²) >= 11 is 0. The summed E-state index contributed by atoms with van der Waals surface area (Å²) in [5.74, 6) is 0.922. The van der Waals surface area contributed by atoms with Crippen molar-refractivity contribution in [3.63, 3.8) is 0 Å². The number of rotatable bonds is 7. The van der Waals surface area contributed by atoms with Gasteiger partial charge in [-0.25, -0.2) is 0 Å². The van der Waals surface area contributed by atoms with Crippen LogP contribution in [0.1, 0.15) is 58.3 Å². The first kappa shape index (κ1) is 16.3. The summed E-state index contributed by atoms with van der Waals surface area (Å²) in [5.41, 5.74) is 0. The van der Waals surface area contributed by atoms with Crippen molar-refractivity contribution >= 4 is 0 Å². The molecular weight excluding hydrogens is 248 g/mol. The maximum Gasteiger partial charge on any atom is 0.0593 e. The molecule has 1 heterocycles. The normalized spacial score (nSPS) is 26.6. The monoisotopic (exact) mass is 282 g/mol. The molecule has 118 valence electrons. The molecule has 0 aromatic heterocycles. The third-order valence-electron chi connectivity index (χ3n) is 4.93. The molecule has 2 rings (SSSR count). The van der Waals surface area contributed by atoms with Gasteiger partial charge in [-0.1, -0.05) is 32.6 Å². The van der Waals surface area contributed by atoms with Gasteiger partial charge in [0.05, 0.1) is 6.61 Å². The van der Waals surface area contributed by atoms with E-state index in [4.69, 9.17) is 4.74 Å². The van der Waals surface area contributed by atoms with E-state index in [1.54, 1.807) is 0 Å². The van der Waals surface area contributed by atoms with Gasteiger partial charge in [0.2, 0.25) is 0 Å². The van der Waals surface area contributed by atoms with E-state index in [-0.39, 0.29) is 0 Å². The van der Waals surface area contributed by atoms with Crippen LogP contribution in [-0.4, -0.2) is 50.3 Å². The summed E-state index contributed by atoms with van der Waals surface area (Å²) in [6, 6.07) is 0.730. The van der Waals surface area contributed by atoms with Gasteiger partial charge in [0.1, 0.15) is 0 Å². The van der Waals surface area contributed by atoms with Crippen LogP contribution in [0, 0.1) is 5.92 Å². The third-order valence-corrected chi connectivity index (χ3v) is 4.93. The lowest BCUT2D eigenvalue weighted by Crippen LogP contribution is -2.44. The van der Waals surface area contributed by atoms with Crippen molar-refractivity contribution in [2.75, 3.05) is 39.4 Å². The molecule has 0 aromatic rings. The largest absolute Gasteiger partial charge is 0.380 e. The number of unbranched alkanes of at least 4 members (excludes halogenated alkanes) is 1. The highest BCUT2D eigenvalue weighted by Crippen LogP contribution is 2.27. The second kappa shape index (κ2) is 9.75. The molecule has 2 aliphatic rings. The first-order valence-corrected chi connectivity index (χ1v) is 8.93. The molecule has 2 fully saturated rings. The van der Waals surface area contributed by atoms with Gasteiger partial charge >= 0.3 is 0 Å². The first-order chi connectivity index (χ1) is 9.90. The molecule has 1 unspecified atom stereocenters. The van der Waals surface area contributed by atoms with Gasteiger partial charge in [-0.3, -0.25) is 4.90 Å². The summed E-state index contributed by atoms with van der Waals surface area (Å²) in [7, 11) is 0.